The van der Waals surface area contributed by atoms with Crippen LogP contribution in [-0.2, 0) is 10.0 Å². The van der Waals surface area contributed by atoms with E-state index in [2.05, 4.69) is 4.72 Å². The average molecular weight is 380 g/mol. The molecule has 1 aromatic rings. The van der Waals surface area contributed by atoms with Gasteiger partial charge in [-0.1, -0.05) is 0 Å². The summed E-state index contributed by atoms with van der Waals surface area (Å²) in [5.41, 5.74) is -0.0706. The molecule has 0 atom stereocenters. The Labute approximate surface area is 118 Å². The molecule has 2 N–H and O–H groups in total. The molecule has 0 unspecified atom stereocenters. The second kappa shape index (κ2) is 6.12. The van der Waals surface area contributed by atoms with Gasteiger partial charge in [-0.05, 0) is 40.8 Å². The molecule has 0 fully saturated rings. The van der Waals surface area contributed by atoms with E-state index in [-0.39, 0.29) is 23.4 Å². The van der Waals surface area contributed by atoms with Crippen LogP contribution < -0.4 is 4.72 Å². The van der Waals surface area contributed by atoms with Gasteiger partial charge in [0.1, 0.15) is 0 Å². The van der Waals surface area contributed by atoms with Crippen LogP contribution in [0, 0.1) is 14.9 Å². The van der Waals surface area contributed by atoms with Crippen molar-refractivity contribution in [1.82, 2.24) is 4.72 Å². The van der Waals surface area contributed by atoms with Crippen molar-refractivity contribution in [3.05, 3.63) is 27.3 Å². The maximum absolute atomic E-state index is 11.8. The van der Waals surface area contributed by atoms with Crippen molar-refractivity contribution < 1.29 is 18.3 Å². The number of rotatable bonds is 5. The number of hydrogen-bond donors (Lipinski definition) is 2. The molecular formula is C10H9IN2O4S. The van der Waals surface area contributed by atoms with Gasteiger partial charge in [-0.2, -0.15) is 5.26 Å². The second-order valence-corrected chi connectivity index (χ2v) is 6.18. The van der Waals surface area contributed by atoms with Crippen LogP contribution >= 0.6 is 22.6 Å². The molecule has 0 bridgehead atoms. The fourth-order valence-corrected chi connectivity index (χ4v) is 2.78. The molecule has 0 saturated carbocycles. The van der Waals surface area contributed by atoms with Crippen LogP contribution in [0.15, 0.2) is 23.1 Å². The van der Waals surface area contributed by atoms with Gasteiger partial charge in [0.15, 0.2) is 0 Å². The normalized spacial score (nSPS) is 10.9. The Bertz CT molecular complexity index is 607. The summed E-state index contributed by atoms with van der Waals surface area (Å²) in [5.74, 6) is -1.19. The molecular weight excluding hydrogens is 371 g/mol. The van der Waals surface area contributed by atoms with Gasteiger partial charge in [0.25, 0.3) is 0 Å². The summed E-state index contributed by atoms with van der Waals surface area (Å²) in [5, 5.41) is 17.2. The van der Waals surface area contributed by atoms with Gasteiger partial charge in [0.2, 0.25) is 10.0 Å². The molecule has 0 amide bonds. The quantitative estimate of drug-likeness (QED) is 0.589. The lowest BCUT2D eigenvalue weighted by Gasteiger charge is -2.06. The van der Waals surface area contributed by atoms with Crippen LogP contribution in [0.2, 0.25) is 0 Å². The van der Waals surface area contributed by atoms with Crippen LogP contribution in [0.1, 0.15) is 16.8 Å². The molecule has 0 heterocycles. The molecule has 6 nitrogen and oxygen atoms in total. The first-order valence-corrected chi connectivity index (χ1v) is 7.34. The number of carbonyl (C=O) groups is 1. The van der Waals surface area contributed by atoms with E-state index in [1.165, 1.54) is 12.1 Å². The molecule has 8 heteroatoms. The van der Waals surface area contributed by atoms with Gasteiger partial charge in [-0.3, -0.25) is 0 Å². The number of sulfonamides is 1. The molecule has 0 aliphatic rings. The van der Waals surface area contributed by atoms with Gasteiger partial charge in [0, 0.05) is 16.5 Å². The number of benzene rings is 1. The second-order valence-electron chi connectivity index (χ2n) is 3.25. The highest BCUT2D eigenvalue weighted by Crippen LogP contribution is 2.17. The molecule has 0 radical (unpaired) electrons. The minimum absolute atomic E-state index is 0.00672. The smallest absolute Gasteiger partial charge is 0.336 e. The van der Waals surface area contributed by atoms with Crippen molar-refractivity contribution in [1.29, 1.82) is 5.26 Å². The first-order chi connectivity index (χ1) is 8.38. The van der Waals surface area contributed by atoms with Crippen LogP contribution in [0.25, 0.3) is 0 Å². The summed E-state index contributed by atoms with van der Waals surface area (Å²) in [6, 6.07) is 5.65. The number of nitriles is 1. The largest absolute Gasteiger partial charge is 0.478 e. The lowest BCUT2D eigenvalue weighted by atomic mass is 10.2. The van der Waals surface area contributed by atoms with Gasteiger partial charge in [-0.25, -0.2) is 17.9 Å². The molecule has 0 spiro atoms. The molecule has 96 valence electrons. The summed E-state index contributed by atoms with van der Waals surface area (Å²) in [4.78, 5) is 10.8. The Kier molecular flexibility index (Phi) is 5.06. The Morgan fingerprint density at radius 3 is 2.72 bits per heavy atom. The monoisotopic (exact) mass is 380 g/mol. The minimum atomic E-state index is -3.77. The Hall–Kier alpha value is -1.18. The Morgan fingerprint density at radius 2 is 2.17 bits per heavy atom. The van der Waals surface area contributed by atoms with E-state index in [1.54, 1.807) is 0 Å². The standard InChI is InChI=1S/C10H9IN2O4S/c11-9-3-2-7(6-8(9)10(14)15)18(16,17)13-5-1-4-12/h2-3,6,13H,1,5H2,(H,14,15). The number of carboxylic acids is 1. The van der Waals surface area contributed by atoms with Crippen molar-refractivity contribution in [3.8, 4) is 6.07 Å². The predicted molar refractivity (Wildman–Crippen MR) is 71.5 cm³/mol. The first-order valence-electron chi connectivity index (χ1n) is 4.78. The van der Waals surface area contributed by atoms with Crippen molar-refractivity contribution in [2.24, 2.45) is 0 Å². The molecule has 0 aliphatic carbocycles. The van der Waals surface area contributed by atoms with Gasteiger partial charge >= 0.3 is 5.97 Å². The minimum Gasteiger partial charge on any atom is -0.478 e. The van der Waals surface area contributed by atoms with Crippen LogP contribution in [0.5, 0.6) is 0 Å². The highest BCUT2D eigenvalue weighted by molar-refractivity contribution is 14.1. The van der Waals surface area contributed by atoms with Crippen molar-refractivity contribution in [2.45, 2.75) is 11.3 Å². The molecule has 0 aliphatic heterocycles. The summed E-state index contributed by atoms with van der Waals surface area (Å²) in [7, 11) is -3.77. The van der Waals surface area contributed by atoms with Gasteiger partial charge in [-0.15, -0.1) is 0 Å². The van der Waals surface area contributed by atoms with Crippen LogP contribution in [0.4, 0.5) is 0 Å². The number of hydrogen-bond acceptors (Lipinski definition) is 4. The van der Waals surface area contributed by atoms with E-state index in [1.807, 2.05) is 28.7 Å². The number of aromatic carboxylic acids is 1. The zero-order valence-electron chi connectivity index (χ0n) is 9.05. The summed E-state index contributed by atoms with van der Waals surface area (Å²) < 4.78 is 26.2. The zero-order chi connectivity index (χ0) is 13.8. The van der Waals surface area contributed by atoms with Crippen molar-refractivity contribution in [2.75, 3.05) is 6.54 Å². The maximum atomic E-state index is 11.8. The first kappa shape index (κ1) is 14.9. The SMILES string of the molecule is N#CCCNS(=O)(=O)c1ccc(I)c(C(=O)O)c1. The molecule has 1 aromatic carbocycles. The molecule has 18 heavy (non-hydrogen) atoms. The van der Waals surface area contributed by atoms with E-state index in [0.717, 1.165) is 6.07 Å². The molecule has 1 rings (SSSR count). The highest BCUT2D eigenvalue weighted by atomic mass is 127. The number of nitrogens with one attached hydrogen (secondary N) is 1. The van der Waals surface area contributed by atoms with E-state index in [9.17, 15) is 13.2 Å². The number of halogens is 1. The highest BCUT2D eigenvalue weighted by Gasteiger charge is 2.17. The van der Waals surface area contributed by atoms with Crippen molar-refractivity contribution >= 4 is 38.6 Å². The fraction of sp³-hybridized carbons (Fsp3) is 0.200. The van der Waals surface area contributed by atoms with E-state index >= 15 is 0 Å². The van der Waals surface area contributed by atoms with Crippen LogP contribution in [-0.4, -0.2) is 26.0 Å². The third-order valence-corrected chi connectivity index (χ3v) is 4.41. The zero-order valence-corrected chi connectivity index (χ0v) is 12.0. The topological polar surface area (TPSA) is 107 Å². The fourth-order valence-electron chi connectivity index (χ4n) is 1.16. The number of carboxylic acid groups (broad SMARTS) is 1. The van der Waals surface area contributed by atoms with E-state index in [0.29, 0.717) is 3.57 Å². The predicted octanol–water partition coefficient (Wildman–Crippen LogP) is 1.18. The van der Waals surface area contributed by atoms with E-state index in [4.69, 9.17) is 10.4 Å². The molecule has 0 aromatic heterocycles. The summed E-state index contributed by atoms with van der Waals surface area (Å²) in [6.07, 6.45) is 0.0510. The lowest BCUT2D eigenvalue weighted by molar-refractivity contribution is 0.0695. The Balaban J connectivity index is 3.07. The van der Waals surface area contributed by atoms with E-state index < -0.39 is 16.0 Å². The molecule has 0 saturated heterocycles. The lowest BCUT2D eigenvalue weighted by Crippen LogP contribution is -2.25. The third kappa shape index (κ3) is 3.66. The number of nitrogens with zero attached hydrogens (tertiary/aromatic N) is 1. The summed E-state index contributed by atoms with van der Waals surface area (Å²) in [6.45, 7) is -0.00672. The third-order valence-electron chi connectivity index (χ3n) is 2.01. The maximum Gasteiger partial charge on any atom is 0.336 e. The summed E-state index contributed by atoms with van der Waals surface area (Å²) >= 11 is 1.82. The van der Waals surface area contributed by atoms with Crippen LogP contribution in [0.3, 0.4) is 0 Å². The average Bonchev–Trinajstić information content (AvgIpc) is 2.29. The van der Waals surface area contributed by atoms with Crippen molar-refractivity contribution in [3.63, 3.8) is 0 Å². The van der Waals surface area contributed by atoms with Gasteiger partial charge in [0.05, 0.1) is 16.5 Å². The van der Waals surface area contributed by atoms with Gasteiger partial charge < -0.3 is 5.11 Å². The Morgan fingerprint density at radius 1 is 1.50 bits per heavy atom.